The van der Waals surface area contributed by atoms with E-state index < -0.39 is 10.8 Å². The molecule has 1 aromatic carbocycles. The Balaban J connectivity index is 1.65. The average Bonchev–Trinajstić information content (AvgIpc) is 2.03. The Bertz CT molecular complexity index is 1700. The number of ether oxygens (including phenoxy) is 23. The van der Waals surface area contributed by atoms with Gasteiger partial charge in [0.1, 0.15) is 23.5 Å². The molecule has 1 rings (SSSR count). The minimum absolute atomic E-state index is 0.0805. The third-order valence-corrected chi connectivity index (χ3v) is 13.1. The Morgan fingerprint density at radius 1 is 0.323 bits per heavy atom. The van der Waals surface area contributed by atoms with Gasteiger partial charge < -0.3 is 109 Å². The van der Waals surface area contributed by atoms with E-state index in [0.29, 0.717) is 291 Å². The lowest BCUT2D eigenvalue weighted by Crippen LogP contribution is -2.53. The molecule has 93 heavy (non-hydrogen) atoms. The monoisotopic (exact) mass is 1370 g/mol. The first-order valence-electron chi connectivity index (χ1n) is 33.4. The summed E-state index contributed by atoms with van der Waals surface area (Å²) in [4.78, 5) is 0. The van der Waals surface area contributed by atoms with Crippen molar-refractivity contribution in [1.82, 2.24) is 0 Å². The highest BCUT2D eigenvalue weighted by Crippen LogP contribution is 2.23. The first-order valence-corrected chi connectivity index (χ1v) is 34.8. The first-order chi connectivity index (χ1) is 46.0. The third-order valence-electron chi connectivity index (χ3n) is 12.4. The highest BCUT2D eigenvalue weighted by Gasteiger charge is 2.35. The summed E-state index contributed by atoms with van der Waals surface area (Å²) in [7, 11) is -4.04. The second-order valence-electron chi connectivity index (χ2n) is 19.9. The van der Waals surface area contributed by atoms with E-state index in [-0.39, 0.29) is 13.2 Å². The molecule has 0 heterocycles. The van der Waals surface area contributed by atoms with Crippen molar-refractivity contribution in [3.05, 3.63) is 35.4 Å². The van der Waals surface area contributed by atoms with Gasteiger partial charge in [-0.1, -0.05) is 63.7 Å². The molecule has 0 aliphatic carbocycles. The maximum atomic E-state index is 10.9. The number of hydrogen-bond donors (Lipinski definition) is 1. The van der Waals surface area contributed by atoms with Gasteiger partial charge in [0.15, 0.2) is 0 Å². The van der Waals surface area contributed by atoms with Gasteiger partial charge in [0, 0.05) is 9.77 Å². The van der Waals surface area contributed by atoms with Crippen molar-refractivity contribution in [3.8, 4) is 5.75 Å². The smallest absolute Gasteiger partial charge is 0.491 e. The molecule has 29 heteroatoms. The van der Waals surface area contributed by atoms with E-state index in [9.17, 15) is 8.76 Å². The summed E-state index contributed by atoms with van der Waals surface area (Å²) in [6, 6.07) is 6.53. The minimum atomic E-state index is -4.04. The maximum absolute atomic E-state index is 10.9. The molecule has 0 aliphatic rings. The highest BCUT2D eigenvalue weighted by molar-refractivity contribution is 7.88. The van der Waals surface area contributed by atoms with E-state index in [0.717, 1.165) is 17.7 Å². The van der Waals surface area contributed by atoms with Crippen LogP contribution < -0.4 is 10.6 Å². The van der Waals surface area contributed by atoms with Crippen LogP contribution in [0.5, 0.6) is 5.75 Å². The molecule has 1 atom stereocenters. The standard InChI is InChI=1S/C64H122NO27S/c1-3-5-6-7-8-9-10-12-62-13-14-64(63(61-62)11-4-2)90-59-57-88-55-53-86-51-49-84-47-45-82-43-41-80-39-37-78-35-33-76-31-29-74-27-25-72-23-21-70-19-17-68-15-16-69-18-20-71-22-24-73-26-28-75-30-32-77-34-36-79-38-40-81-42-44-83-46-48-85-50-52-87-54-56-89-58-60-91-93(66,67)92-65/h4,11,13-14,61H,3,5-10,12,15-60H2,1-2,65H3/q+2/b11-4+. The molecule has 28 nitrogen and oxygen atoms in total. The molecule has 1 aromatic rings. The van der Waals surface area contributed by atoms with E-state index in [1.165, 1.54) is 50.5 Å². The molecule has 0 aromatic heterocycles. The van der Waals surface area contributed by atoms with E-state index in [1.54, 1.807) is 0 Å². The molecule has 549 valence electrons. The zero-order valence-electron chi connectivity index (χ0n) is 56.7. The summed E-state index contributed by atoms with van der Waals surface area (Å²) >= 11 is 0. The molecule has 0 amide bonds. The van der Waals surface area contributed by atoms with Gasteiger partial charge in [0.25, 0.3) is 0 Å². The quantitative estimate of drug-likeness (QED) is 0.0528. The summed E-state index contributed by atoms with van der Waals surface area (Å²) in [5.41, 5.74) is 2.49. The van der Waals surface area contributed by atoms with Crippen LogP contribution in [-0.2, 0) is 139 Å². The Labute approximate surface area is 557 Å². The predicted molar refractivity (Wildman–Crippen MR) is 345 cm³/mol. The van der Waals surface area contributed by atoms with Crippen molar-refractivity contribution in [2.24, 2.45) is 0 Å². The zero-order valence-corrected chi connectivity index (χ0v) is 57.5. The average molecular weight is 1370 g/mol. The molecule has 1 unspecified atom stereocenters. The zero-order chi connectivity index (χ0) is 66.6. The summed E-state index contributed by atoms with van der Waals surface area (Å²) in [6.07, 6.45) is 14.5. The molecule has 0 saturated heterocycles. The molecule has 3 N–H and O–H groups in total. The fraction of sp³-hybridized carbons (Fsp3) is 0.875. The summed E-state index contributed by atoms with van der Waals surface area (Å²) in [5, 5.41) is 0. The summed E-state index contributed by atoms with van der Waals surface area (Å²) < 4.78 is 157. The molecule has 1 radical (unpaired) electrons. The van der Waals surface area contributed by atoms with Gasteiger partial charge in [-0.3, -0.25) is 0 Å². The lowest BCUT2D eigenvalue weighted by Gasteiger charge is -2.12. The van der Waals surface area contributed by atoms with Crippen LogP contribution >= 0.6 is 0 Å². The fourth-order valence-corrected chi connectivity index (χ4v) is 7.98. The van der Waals surface area contributed by atoms with Gasteiger partial charge in [-0.25, -0.2) is 0 Å². The van der Waals surface area contributed by atoms with Crippen LogP contribution in [0.15, 0.2) is 24.3 Å². The number of unbranched alkanes of at least 4 members (excludes halogenated alkanes) is 6. The van der Waals surface area contributed by atoms with Gasteiger partial charge in [-0.05, 0) is 37.5 Å². The number of aryl methyl sites for hydroxylation is 1. The van der Waals surface area contributed by atoms with Gasteiger partial charge >= 0.3 is 10.8 Å². The van der Waals surface area contributed by atoms with Gasteiger partial charge in [-0.2, -0.15) is 5.90 Å². The van der Waals surface area contributed by atoms with Crippen LogP contribution in [0.2, 0.25) is 0 Å². The van der Waals surface area contributed by atoms with E-state index in [1.807, 2.05) is 6.92 Å². The van der Waals surface area contributed by atoms with Crippen molar-refractivity contribution < 1.29 is 132 Å². The van der Waals surface area contributed by atoms with Crippen molar-refractivity contribution in [1.29, 1.82) is 0 Å². The molecule has 0 aliphatic heterocycles. The molecule has 0 saturated carbocycles. The SMILES string of the molecule is C/C=C/c1cc(CCCCCCCCC)ccc1OCCOCCOCCOCCOCCOCCOCCOCCOCCOCCOCCOCCOCCOCCOCCOCCOCCOCCOCCOCCOCCOCCOCCO[S+]([O])(=O)O[NH3+]. The first kappa shape index (κ1) is 88.9. The van der Waals surface area contributed by atoms with Crippen molar-refractivity contribution >= 4 is 16.9 Å². The number of hydrogen-bond acceptors (Lipinski definition) is 26. The molecular weight excluding hydrogens is 1250 g/mol. The predicted octanol–water partition coefficient (Wildman–Crippen LogP) is 4.62. The lowest BCUT2D eigenvalue weighted by molar-refractivity contribution is -0.640. The van der Waals surface area contributed by atoms with Crippen LogP contribution in [0, 0.1) is 0 Å². The largest absolute Gasteiger partial charge is 0.597 e. The van der Waals surface area contributed by atoms with E-state index in [2.05, 4.69) is 51.6 Å². The van der Waals surface area contributed by atoms with Crippen molar-refractivity contribution in [2.45, 2.75) is 65.2 Å². The van der Waals surface area contributed by atoms with Gasteiger partial charge in [0.2, 0.25) is 0 Å². The van der Waals surface area contributed by atoms with Crippen LogP contribution in [0.4, 0.5) is 0 Å². The van der Waals surface area contributed by atoms with Crippen LogP contribution in [0.25, 0.3) is 6.08 Å². The molecule has 0 spiro atoms. The van der Waals surface area contributed by atoms with Gasteiger partial charge in [0.05, 0.1) is 295 Å². The number of quaternary nitrogens is 1. The van der Waals surface area contributed by atoms with Crippen molar-refractivity contribution in [2.75, 3.05) is 304 Å². The Hall–Kier alpha value is -2.13. The maximum Gasteiger partial charge on any atom is 0.597 e. The Morgan fingerprint density at radius 2 is 0.548 bits per heavy atom. The highest BCUT2D eigenvalue weighted by atomic mass is 32.3. The van der Waals surface area contributed by atoms with Crippen molar-refractivity contribution in [3.63, 3.8) is 0 Å². The van der Waals surface area contributed by atoms with E-state index in [4.69, 9.17) is 109 Å². The van der Waals surface area contributed by atoms with Crippen LogP contribution in [-0.4, -0.2) is 304 Å². The Kier molecular flexibility index (Phi) is 72.3. The second kappa shape index (κ2) is 75.6. The third kappa shape index (κ3) is 69.6. The number of benzene rings is 1. The lowest BCUT2D eigenvalue weighted by atomic mass is 10.0. The summed E-state index contributed by atoms with van der Waals surface area (Å²) in [5.74, 6) is 3.67. The normalized spacial score (nSPS) is 12.5. The summed E-state index contributed by atoms with van der Waals surface area (Å²) in [6.45, 7) is 24.8. The minimum Gasteiger partial charge on any atom is -0.491 e. The van der Waals surface area contributed by atoms with Crippen LogP contribution in [0.3, 0.4) is 0 Å². The molecular formula is C64H122NO27S+2. The number of allylic oxidation sites excluding steroid dienone is 1. The fourth-order valence-electron chi connectivity index (χ4n) is 7.64. The number of rotatable bonds is 81. The van der Waals surface area contributed by atoms with Crippen LogP contribution in [0.1, 0.15) is 69.9 Å². The van der Waals surface area contributed by atoms with E-state index >= 15 is 0 Å². The van der Waals surface area contributed by atoms with Gasteiger partial charge in [-0.15, -0.1) is 4.18 Å². The molecule has 0 fully saturated rings. The Morgan fingerprint density at radius 3 is 0.785 bits per heavy atom. The topological polar surface area (TPSA) is 295 Å². The molecule has 0 bridgehead atoms. The second-order valence-corrected chi connectivity index (χ2v) is 21.2.